The Bertz CT molecular complexity index is 890. The standard InChI is InChI=1S/C19H19N3O2S/c20-25(23,24)18-12-7-13-21-19(18)22-14-17(15-8-3-1-4-9-15)16-10-5-2-6-11-16/h1-13,17H,14H2,(H,21,22)(H2,20,23,24). The summed E-state index contributed by atoms with van der Waals surface area (Å²) in [7, 11) is -3.84. The van der Waals surface area contributed by atoms with Gasteiger partial charge in [0.25, 0.3) is 0 Å². The van der Waals surface area contributed by atoms with Crippen molar-refractivity contribution in [3.63, 3.8) is 0 Å². The minimum Gasteiger partial charge on any atom is -0.368 e. The molecular weight excluding hydrogens is 334 g/mol. The average Bonchev–Trinajstić information content (AvgIpc) is 2.63. The Hall–Kier alpha value is -2.70. The van der Waals surface area contributed by atoms with Crippen LogP contribution in [0.1, 0.15) is 17.0 Å². The van der Waals surface area contributed by atoms with Crippen molar-refractivity contribution in [1.29, 1.82) is 0 Å². The Kier molecular flexibility index (Phi) is 5.11. The molecule has 0 fully saturated rings. The minimum atomic E-state index is -3.84. The van der Waals surface area contributed by atoms with Crippen LogP contribution in [0.5, 0.6) is 0 Å². The predicted octanol–water partition coefficient (Wildman–Crippen LogP) is 2.97. The molecule has 0 aliphatic heterocycles. The van der Waals surface area contributed by atoms with Crippen LogP contribution in [-0.4, -0.2) is 19.9 Å². The summed E-state index contributed by atoms with van der Waals surface area (Å²) in [5.74, 6) is 0.319. The number of benzene rings is 2. The van der Waals surface area contributed by atoms with Crippen LogP contribution < -0.4 is 10.5 Å². The SMILES string of the molecule is NS(=O)(=O)c1cccnc1NCC(c1ccccc1)c1ccccc1. The zero-order valence-electron chi connectivity index (χ0n) is 13.5. The zero-order chi connectivity index (χ0) is 17.7. The maximum atomic E-state index is 11.7. The summed E-state index contributed by atoms with van der Waals surface area (Å²) in [6, 6.07) is 23.1. The quantitative estimate of drug-likeness (QED) is 0.713. The van der Waals surface area contributed by atoms with Crippen LogP contribution in [0, 0.1) is 0 Å². The van der Waals surface area contributed by atoms with Gasteiger partial charge in [-0.3, -0.25) is 0 Å². The number of pyridine rings is 1. The van der Waals surface area contributed by atoms with Gasteiger partial charge in [0.05, 0.1) is 0 Å². The number of nitrogens with two attached hydrogens (primary N) is 1. The van der Waals surface area contributed by atoms with Crippen molar-refractivity contribution in [1.82, 2.24) is 4.98 Å². The lowest BCUT2D eigenvalue weighted by Crippen LogP contribution is -2.19. The first-order valence-corrected chi connectivity index (χ1v) is 9.42. The second-order valence-electron chi connectivity index (χ2n) is 5.65. The van der Waals surface area contributed by atoms with Gasteiger partial charge in [-0.05, 0) is 23.3 Å². The normalized spacial score (nSPS) is 11.4. The van der Waals surface area contributed by atoms with Crippen molar-refractivity contribution in [3.8, 4) is 0 Å². The van der Waals surface area contributed by atoms with Crippen LogP contribution in [0.3, 0.4) is 0 Å². The maximum Gasteiger partial charge on any atom is 0.241 e. The summed E-state index contributed by atoms with van der Waals surface area (Å²) in [6.45, 7) is 0.494. The molecule has 0 aliphatic carbocycles. The molecule has 6 heteroatoms. The number of anilines is 1. The fraction of sp³-hybridized carbons (Fsp3) is 0.105. The number of hydrogen-bond donors (Lipinski definition) is 2. The molecule has 2 aromatic carbocycles. The highest BCUT2D eigenvalue weighted by Gasteiger charge is 2.18. The van der Waals surface area contributed by atoms with Gasteiger partial charge in [-0.25, -0.2) is 18.5 Å². The number of rotatable bonds is 6. The van der Waals surface area contributed by atoms with E-state index in [0.717, 1.165) is 11.1 Å². The lowest BCUT2D eigenvalue weighted by atomic mass is 9.91. The highest BCUT2D eigenvalue weighted by molar-refractivity contribution is 7.89. The number of sulfonamides is 1. The molecule has 3 aromatic rings. The Morgan fingerprint density at radius 1 is 0.880 bits per heavy atom. The smallest absolute Gasteiger partial charge is 0.241 e. The van der Waals surface area contributed by atoms with E-state index >= 15 is 0 Å². The monoisotopic (exact) mass is 353 g/mol. The summed E-state index contributed by atoms with van der Waals surface area (Å²) in [4.78, 5) is 4.13. The molecule has 128 valence electrons. The number of nitrogens with one attached hydrogen (secondary N) is 1. The third-order valence-electron chi connectivity index (χ3n) is 3.95. The van der Waals surface area contributed by atoms with Gasteiger partial charge in [0, 0.05) is 18.7 Å². The molecule has 0 radical (unpaired) electrons. The number of nitrogens with zero attached hydrogens (tertiary/aromatic N) is 1. The van der Waals surface area contributed by atoms with E-state index < -0.39 is 10.0 Å². The van der Waals surface area contributed by atoms with E-state index in [1.165, 1.54) is 12.3 Å². The number of aromatic nitrogens is 1. The summed E-state index contributed by atoms with van der Waals surface area (Å²) in [6.07, 6.45) is 1.54. The molecule has 3 rings (SSSR count). The third kappa shape index (κ3) is 4.23. The Balaban J connectivity index is 1.91. The Morgan fingerprint density at radius 3 is 1.96 bits per heavy atom. The molecule has 0 unspecified atom stereocenters. The van der Waals surface area contributed by atoms with Crippen molar-refractivity contribution in [2.24, 2.45) is 5.14 Å². The lowest BCUT2D eigenvalue weighted by molar-refractivity contribution is 0.597. The van der Waals surface area contributed by atoms with E-state index in [1.807, 2.05) is 36.4 Å². The van der Waals surface area contributed by atoms with E-state index in [2.05, 4.69) is 34.6 Å². The van der Waals surface area contributed by atoms with E-state index in [9.17, 15) is 8.42 Å². The zero-order valence-corrected chi connectivity index (χ0v) is 14.4. The minimum absolute atomic E-state index is 0.00475. The predicted molar refractivity (Wildman–Crippen MR) is 98.8 cm³/mol. The molecule has 1 aromatic heterocycles. The molecule has 25 heavy (non-hydrogen) atoms. The van der Waals surface area contributed by atoms with Crippen LogP contribution >= 0.6 is 0 Å². The molecule has 0 bridgehead atoms. The Morgan fingerprint density at radius 2 is 1.44 bits per heavy atom. The van der Waals surface area contributed by atoms with Gasteiger partial charge in [-0.2, -0.15) is 0 Å². The van der Waals surface area contributed by atoms with Gasteiger partial charge < -0.3 is 5.32 Å². The summed E-state index contributed by atoms with van der Waals surface area (Å²) in [5, 5.41) is 8.43. The Labute approximate surface area is 147 Å². The second kappa shape index (κ2) is 7.46. The molecule has 0 aliphatic rings. The van der Waals surface area contributed by atoms with E-state index in [1.54, 1.807) is 6.07 Å². The van der Waals surface area contributed by atoms with Crippen molar-refractivity contribution >= 4 is 15.8 Å². The van der Waals surface area contributed by atoms with Crippen LogP contribution in [-0.2, 0) is 10.0 Å². The number of hydrogen-bond acceptors (Lipinski definition) is 4. The molecule has 1 heterocycles. The fourth-order valence-corrected chi connectivity index (χ4v) is 3.41. The highest BCUT2D eigenvalue weighted by Crippen LogP contribution is 2.26. The van der Waals surface area contributed by atoms with Gasteiger partial charge in [0.2, 0.25) is 10.0 Å². The van der Waals surface area contributed by atoms with Crippen LogP contribution in [0.2, 0.25) is 0 Å². The van der Waals surface area contributed by atoms with Crippen LogP contribution in [0.25, 0.3) is 0 Å². The van der Waals surface area contributed by atoms with Gasteiger partial charge in [0.15, 0.2) is 0 Å². The highest BCUT2D eigenvalue weighted by atomic mass is 32.2. The molecule has 0 spiro atoms. The molecule has 0 saturated heterocycles. The van der Waals surface area contributed by atoms with Gasteiger partial charge in [0.1, 0.15) is 10.7 Å². The number of primary sulfonamides is 1. The van der Waals surface area contributed by atoms with Crippen molar-refractivity contribution in [2.45, 2.75) is 10.8 Å². The van der Waals surface area contributed by atoms with E-state index in [-0.39, 0.29) is 16.6 Å². The first-order chi connectivity index (χ1) is 12.1. The summed E-state index contributed by atoms with van der Waals surface area (Å²) in [5.41, 5.74) is 2.27. The summed E-state index contributed by atoms with van der Waals surface area (Å²) < 4.78 is 23.5. The maximum absolute atomic E-state index is 11.7. The molecule has 0 saturated carbocycles. The lowest BCUT2D eigenvalue weighted by Gasteiger charge is -2.20. The second-order valence-corrected chi connectivity index (χ2v) is 7.18. The topological polar surface area (TPSA) is 85.1 Å². The molecular formula is C19H19N3O2S. The van der Waals surface area contributed by atoms with Crippen molar-refractivity contribution in [2.75, 3.05) is 11.9 Å². The summed E-state index contributed by atoms with van der Waals surface area (Å²) >= 11 is 0. The fourth-order valence-electron chi connectivity index (χ4n) is 2.75. The third-order valence-corrected chi connectivity index (χ3v) is 4.90. The largest absolute Gasteiger partial charge is 0.368 e. The van der Waals surface area contributed by atoms with Crippen molar-refractivity contribution in [3.05, 3.63) is 90.1 Å². The van der Waals surface area contributed by atoms with Gasteiger partial charge >= 0.3 is 0 Å². The van der Waals surface area contributed by atoms with Crippen molar-refractivity contribution < 1.29 is 8.42 Å². The van der Waals surface area contributed by atoms with E-state index in [0.29, 0.717) is 6.54 Å². The average molecular weight is 353 g/mol. The molecule has 0 atom stereocenters. The molecule has 3 N–H and O–H groups in total. The first-order valence-electron chi connectivity index (χ1n) is 7.87. The van der Waals surface area contributed by atoms with Gasteiger partial charge in [-0.1, -0.05) is 60.7 Å². The van der Waals surface area contributed by atoms with E-state index in [4.69, 9.17) is 5.14 Å². The molecule has 0 amide bonds. The van der Waals surface area contributed by atoms with Gasteiger partial charge in [-0.15, -0.1) is 0 Å². The molecule has 5 nitrogen and oxygen atoms in total. The van der Waals surface area contributed by atoms with Crippen LogP contribution in [0.15, 0.2) is 83.9 Å². The van der Waals surface area contributed by atoms with Crippen LogP contribution in [0.4, 0.5) is 5.82 Å². The first kappa shape index (κ1) is 17.1.